The molecule has 0 aliphatic heterocycles. The summed E-state index contributed by atoms with van der Waals surface area (Å²) in [5, 5.41) is 31.0. The van der Waals surface area contributed by atoms with Crippen LogP contribution in [0, 0.1) is 6.92 Å². The van der Waals surface area contributed by atoms with Gasteiger partial charge in [0.15, 0.2) is 5.69 Å². The van der Waals surface area contributed by atoms with Crippen LogP contribution in [0.15, 0.2) is 46.1 Å². The van der Waals surface area contributed by atoms with Crippen LogP contribution < -0.4 is 15.3 Å². The molecule has 1 aromatic carbocycles. The molecular formula is C19H20N6O5. The van der Waals surface area contributed by atoms with Gasteiger partial charge in [0.1, 0.15) is 12.1 Å². The summed E-state index contributed by atoms with van der Waals surface area (Å²) in [6, 6.07) is 7.24. The molecule has 0 bridgehead atoms. The summed E-state index contributed by atoms with van der Waals surface area (Å²) in [7, 11) is 0. The maximum Gasteiger partial charge on any atom is 0.376 e. The number of carbonyl (C=O) groups excluding carboxylic acids is 1. The van der Waals surface area contributed by atoms with Crippen LogP contribution in [0.4, 0.5) is 0 Å². The van der Waals surface area contributed by atoms with Crippen molar-refractivity contribution in [3.63, 3.8) is 0 Å². The zero-order valence-electron chi connectivity index (χ0n) is 16.4. The van der Waals surface area contributed by atoms with Gasteiger partial charge in [0, 0.05) is 23.0 Å². The summed E-state index contributed by atoms with van der Waals surface area (Å²) in [5.74, 6) is 0. The highest BCUT2D eigenvalue weighted by molar-refractivity contribution is 5.79. The van der Waals surface area contributed by atoms with Crippen LogP contribution in [0.3, 0.4) is 0 Å². The van der Waals surface area contributed by atoms with Gasteiger partial charge >= 0.3 is 5.63 Å². The lowest BCUT2D eigenvalue weighted by Crippen LogP contribution is -2.34. The van der Waals surface area contributed by atoms with E-state index < -0.39 is 12.1 Å². The molecule has 4 aromatic rings. The predicted molar refractivity (Wildman–Crippen MR) is 102 cm³/mol. The smallest absolute Gasteiger partial charge is 0.376 e. The van der Waals surface area contributed by atoms with Crippen molar-refractivity contribution in [2.45, 2.75) is 26.8 Å². The number of rotatable bonds is 5. The molecule has 11 heteroatoms. The number of carboxylic acid groups (broad SMARTS) is 1. The van der Waals surface area contributed by atoms with Crippen LogP contribution in [-0.4, -0.2) is 43.0 Å². The first-order chi connectivity index (χ1) is 14.5. The van der Waals surface area contributed by atoms with Crippen LogP contribution in [0.1, 0.15) is 18.3 Å². The van der Waals surface area contributed by atoms with Gasteiger partial charge in [0.2, 0.25) is 6.33 Å². The number of aromatic nitrogens is 6. The normalized spacial score (nSPS) is 10.6. The molecule has 0 saturated carbocycles. The van der Waals surface area contributed by atoms with Crippen LogP contribution in [0.25, 0.3) is 22.3 Å². The summed E-state index contributed by atoms with van der Waals surface area (Å²) in [4.78, 5) is 22.2. The molecule has 0 saturated heterocycles. The van der Waals surface area contributed by atoms with Crippen LogP contribution >= 0.6 is 0 Å². The third-order valence-corrected chi connectivity index (χ3v) is 4.33. The van der Waals surface area contributed by atoms with Gasteiger partial charge in [0.05, 0.1) is 23.7 Å². The molecule has 0 spiro atoms. The fourth-order valence-corrected chi connectivity index (χ4v) is 2.91. The number of nitrogens with zero attached hydrogens (tertiary/aromatic N) is 6. The fraction of sp³-hybridized carbons (Fsp3) is 0.263. The minimum atomic E-state index is -0.500. The molecule has 11 nitrogen and oxygen atoms in total. The number of hydrogen-bond acceptors (Lipinski definition) is 8. The zero-order valence-corrected chi connectivity index (χ0v) is 16.4. The van der Waals surface area contributed by atoms with Gasteiger partial charge in [0.25, 0.3) is 6.33 Å². The second-order valence-corrected chi connectivity index (χ2v) is 6.25. The molecule has 30 heavy (non-hydrogen) atoms. The quantitative estimate of drug-likeness (QED) is 0.252. The number of aliphatic hydroxyl groups excluding tert-OH is 1. The van der Waals surface area contributed by atoms with Crippen molar-refractivity contribution in [1.82, 2.24) is 24.8 Å². The summed E-state index contributed by atoms with van der Waals surface area (Å²) >= 11 is 0. The fourth-order valence-electron chi connectivity index (χ4n) is 2.91. The topological polar surface area (TPSA) is 143 Å². The predicted octanol–water partition coefficient (Wildman–Crippen LogP) is -0.924. The Kier molecular flexibility index (Phi) is 6.32. The highest BCUT2D eigenvalue weighted by Gasteiger charge is 2.15. The SMILES string of the molecule is CCc1nn(-c2ccc3cc(-[n+]4cnn(CCO)c4)c(=O)oc3c2)nc1C.O=C[O-]. The maximum atomic E-state index is 12.4. The van der Waals surface area contributed by atoms with Gasteiger partial charge in [-0.2, -0.15) is 19.6 Å². The largest absolute Gasteiger partial charge is 0.554 e. The third-order valence-electron chi connectivity index (χ3n) is 4.33. The molecule has 1 N–H and O–H groups in total. The molecule has 0 aliphatic carbocycles. The standard InChI is InChI=1S/C18H19N6O3.CH2O2/c1-3-15-12(2)20-24(21-15)14-5-4-13-8-16(18(26)27-17(13)9-14)22-10-19-23(11-22)6-7-25;2-1-3/h4-5,8-11,25H,3,6-7H2,1-2H3;1H,(H,2,3)/q+1;/p-1. The number of aryl methyl sites for hydroxylation is 2. The van der Waals surface area contributed by atoms with Crippen LogP contribution in [0.5, 0.6) is 0 Å². The lowest BCUT2D eigenvalue weighted by atomic mass is 10.2. The van der Waals surface area contributed by atoms with E-state index >= 15 is 0 Å². The van der Waals surface area contributed by atoms with Crippen molar-refractivity contribution in [3.05, 3.63) is 58.7 Å². The summed E-state index contributed by atoms with van der Waals surface area (Å²) in [5.41, 5.74) is 2.86. The lowest BCUT2D eigenvalue weighted by Gasteiger charge is -2.03. The van der Waals surface area contributed by atoms with E-state index in [9.17, 15) is 4.79 Å². The minimum absolute atomic E-state index is 0.0303. The summed E-state index contributed by atoms with van der Waals surface area (Å²) in [6.45, 7) is 3.77. The second-order valence-electron chi connectivity index (χ2n) is 6.25. The number of aliphatic hydroxyl groups is 1. The first-order valence-electron chi connectivity index (χ1n) is 9.12. The van der Waals surface area contributed by atoms with Crippen molar-refractivity contribution in [2.75, 3.05) is 6.61 Å². The number of benzene rings is 1. The lowest BCUT2D eigenvalue weighted by molar-refractivity contribution is -0.598. The van der Waals surface area contributed by atoms with Crippen LogP contribution in [-0.2, 0) is 17.8 Å². The van der Waals surface area contributed by atoms with E-state index in [1.54, 1.807) is 32.5 Å². The van der Waals surface area contributed by atoms with Gasteiger partial charge in [-0.15, -0.1) is 4.68 Å². The molecular weight excluding hydrogens is 392 g/mol. The van der Waals surface area contributed by atoms with E-state index in [4.69, 9.17) is 19.4 Å². The molecule has 0 fully saturated rings. The number of hydrogen-bond donors (Lipinski definition) is 1. The summed E-state index contributed by atoms with van der Waals surface area (Å²) < 4.78 is 8.63. The Bertz CT molecular complexity index is 1230. The number of fused-ring (bicyclic) bond motifs is 1. The maximum absolute atomic E-state index is 12.4. The average molecular weight is 412 g/mol. The van der Waals surface area contributed by atoms with Crippen molar-refractivity contribution < 1.29 is 24.0 Å². The first-order valence-corrected chi connectivity index (χ1v) is 9.12. The molecule has 156 valence electrons. The molecule has 3 heterocycles. The van der Waals surface area contributed by atoms with E-state index in [1.807, 2.05) is 26.0 Å². The van der Waals surface area contributed by atoms with Crippen molar-refractivity contribution in [1.29, 1.82) is 0 Å². The van der Waals surface area contributed by atoms with Gasteiger partial charge in [-0.1, -0.05) is 6.92 Å². The Morgan fingerprint density at radius 3 is 2.73 bits per heavy atom. The van der Waals surface area contributed by atoms with E-state index in [-0.39, 0.29) is 6.61 Å². The Morgan fingerprint density at radius 2 is 2.07 bits per heavy atom. The van der Waals surface area contributed by atoms with Gasteiger partial charge < -0.3 is 19.4 Å². The van der Waals surface area contributed by atoms with Gasteiger partial charge in [-0.25, -0.2) is 4.79 Å². The van der Waals surface area contributed by atoms with E-state index in [1.165, 1.54) is 6.33 Å². The zero-order chi connectivity index (χ0) is 21.7. The molecule has 3 aromatic heterocycles. The second kappa shape index (κ2) is 9.09. The minimum Gasteiger partial charge on any atom is -0.554 e. The van der Waals surface area contributed by atoms with Gasteiger partial charge in [-0.05, 0) is 31.5 Å². The number of carbonyl (C=O) groups is 1. The Balaban J connectivity index is 0.000000806. The Morgan fingerprint density at radius 1 is 1.30 bits per heavy atom. The molecule has 0 unspecified atom stereocenters. The van der Waals surface area contributed by atoms with E-state index in [0.717, 1.165) is 28.9 Å². The van der Waals surface area contributed by atoms with Crippen molar-refractivity contribution in [3.8, 4) is 11.4 Å². The molecule has 0 aliphatic rings. The highest BCUT2D eigenvalue weighted by atomic mass is 16.4. The molecule has 4 rings (SSSR count). The van der Waals surface area contributed by atoms with Crippen LogP contribution in [0.2, 0.25) is 0 Å². The first kappa shape index (κ1) is 20.9. The third kappa shape index (κ3) is 4.25. The van der Waals surface area contributed by atoms with Crippen molar-refractivity contribution >= 4 is 17.4 Å². The molecule has 0 atom stereocenters. The monoisotopic (exact) mass is 412 g/mol. The molecule has 0 amide bonds. The van der Waals surface area contributed by atoms with Gasteiger partial charge in [-0.3, -0.25) is 0 Å². The van der Waals surface area contributed by atoms with E-state index in [2.05, 4.69) is 15.3 Å². The Labute approximate surface area is 170 Å². The molecule has 0 radical (unpaired) electrons. The highest BCUT2D eigenvalue weighted by Crippen LogP contribution is 2.18. The average Bonchev–Trinajstić information content (AvgIpc) is 3.34. The van der Waals surface area contributed by atoms with E-state index in [0.29, 0.717) is 17.8 Å². The summed E-state index contributed by atoms with van der Waals surface area (Å²) in [6.07, 6.45) is 3.94. The van der Waals surface area contributed by atoms with Crippen molar-refractivity contribution in [2.24, 2.45) is 0 Å². The Hall–Kier alpha value is -3.86.